The fourth-order valence-corrected chi connectivity index (χ4v) is 2.43. The number of nitrogens with one attached hydrogen (secondary N) is 2. The van der Waals surface area contributed by atoms with Gasteiger partial charge in [0.05, 0.1) is 13.7 Å². The molecule has 0 aliphatic carbocycles. The number of hydrogen-bond acceptors (Lipinski definition) is 4. The predicted octanol–water partition coefficient (Wildman–Crippen LogP) is 3.43. The van der Waals surface area contributed by atoms with Crippen molar-refractivity contribution in [1.29, 1.82) is 0 Å². The molecule has 0 aliphatic rings. The van der Waals surface area contributed by atoms with Gasteiger partial charge in [-0.15, -0.1) is 0 Å². The lowest BCUT2D eigenvalue weighted by atomic mass is 10.2. The van der Waals surface area contributed by atoms with Crippen LogP contribution in [-0.4, -0.2) is 39.4 Å². The van der Waals surface area contributed by atoms with Crippen molar-refractivity contribution in [3.05, 3.63) is 54.1 Å². The standard InChI is InChI=1S/C20H25F2N3O3/c1-14(27-18-9-5-7-16(11-18)26-3)12-24-20(23-2)25-13-15-6-4-8-17(10-15)28-19(21)22/h4-11,14,19H,12-13H2,1-3H3,(H2,23,24,25). The molecule has 152 valence electrons. The highest BCUT2D eigenvalue weighted by Gasteiger charge is 2.08. The summed E-state index contributed by atoms with van der Waals surface area (Å²) in [5, 5.41) is 6.29. The van der Waals surface area contributed by atoms with Crippen molar-refractivity contribution in [3.8, 4) is 17.2 Å². The summed E-state index contributed by atoms with van der Waals surface area (Å²) in [5.41, 5.74) is 0.793. The summed E-state index contributed by atoms with van der Waals surface area (Å²) in [4.78, 5) is 4.15. The van der Waals surface area contributed by atoms with E-state index in [1.165, 1.54) is 6.07 Å². The van der Waals surface area contributed by atoms with E-state index in [-0.39, 0.29) is 11.9 Å². The Hall–Kier alpha value is -3.03. The molecule has 0 spiro atoms. The summed E-state index contributed by atoms with van der Waals surface area (Å²) in [6.07, 6.45) is -0.117. The summed E-state index contributed by atoms with van der Waals surface area (Å²) in [5.74, 6) is 2.14. The van der Waals surface area contributed by atoms with Crippen LogP contribution in [0, 0.1) is 0 Å². The smallest absolute Gasteiger partial charge is 0.387 e. The number of guanidine groups is 1. The minimum atomic E-state index is -2.84. The minimum absolute atomic E-state index is 0.117. The second-order valence-corrected chi connectivity index (χ2v) is 5.94. The highest BCUT2D eigenvalue weighted by Crippen LogP contribution is 2.19. The number of aliphatic imine (C=N–C) groups is 1. The van der Waals surface area contributed by atoms with Crippen LogP contribution < -0.4 is 24.8 Å². The van der Waals surface area contributed by atoms with Crippen LogP contribution in [0.2, 0.25) is 0 Å². The van der Waals surface area contributed by atoms with Crippen molar-refractivity contribution >= 4 is 5.96 Å². The second kappa shape index (κ2) is 11.0. The zero-order valence-electron chi connectivity index (χ0n) is 16.1. The summed E-state index contributed by atoms with van der Waals surface area (Å²) in [6.45, 7) is 0.0189. The van der Waals surface area contributed by atoms with Gasteiger partial charge in [-0.05, 0) is 36.8 Å². The molecule has 0 aliphatic heterocycles. The molecule has 1 unspecified atom stereocenters. The number of ether oxygens (including phenoxy) is 3. The highest BCUT2D eigenvalue weighted by atomic mass is 19.3. The van der Waals surface area contributed by atoms with Crippen LogP contribution in [0.25, 0.3) is 0 Å². The lowest BCUT2D eigenvalue weighted by Crippen LogP contribution is -2.41. The van der Waals surface area contributed by atoms with Crippen LogP contribution in [0.1, 0.15) is 12.5 Å². The lowest BCUT2D eigenvalue weighted by molar-refractivity contribution is -0.0498. The summed E-state index contributed by atoms with van der Waals surface area (Å²) in [6, 6.07) is 13.9. The number of methoxy groups -OCH3 is 1. The molecule has 0 fully saturated rings. The Labute approximate surface area is 163 Å². The largest absolute Gasteiger partial charge is 0.497 e. The van der Waals surface area contributed by atoms with Crippen LogP contribution >= 0.6 is 0 Å². The predicted molar refractivity (Wildman–Crippen MR) is 104 cm³/mol. The van der Waals surface area contributed by atoms with Gasteiger partial charge in [0.1, 0.15) is 23.4 Å². The Kier molecular flexibility index (Phi) is 8.33. The third-order valence-electron chi connectivity index (χ3n) is 3.74. The number of alkyl halides is 2. The molecule has 2 N–H and O–H groups in total. The second-order valence-electron chi connectivity index (χ2n) is 5.94. The van der Waals surface area contributed by atoms with Gasteiger partial charge in [-0.2, -0.15) is 8.78 Å². The Morgan fingerprint density at radius 2 is 1.68 bits per heavy atom. The molecule has 6 nitrogen and oxygen atoms in total. The Bertz CT molecular complexity index is 772. The molecular weight excluding hydrogens is 368 g/mol. The van der Waals surface area contributed by atoms with E-state index in [1.54, 1.807) is 26.3 Å². The first-order valence-corrected chi connectivity index (χ1v) is 8.79. The first-order valence-electron chi connectivity index (χ1n) is 8.79. The van der Waals surface area contributed by atoms with Gasteiger partial charge in [0.2, 0.25) is 0 Å². The first kappa shape index (κ1) is 21.3. The zero-order chi connectivity index (χ0) is 20.4. The van der Waals surface area contributed by atoms with Crippen molar-refractivity contribution in [1.82, 2.24) is 10.6 Å². The molecule has 2 aromatic carbocycles. The van der Waals surface area contributed by atoms with Crippen molar-refractivity contribution in [3.63, 3.8) is 0 Å². The monoisotopic (exact) mass is 393 g/mol. The van der Waals surface area contributed by atoms with Crippen molar-refractivity contribution in [2.45, 2.75) is 26.2 Å². The Morgan fingerprint density at radius 3 is 2.36 bits per heavy atom. The maximum Gasteiger partial charge on any atom is 0.387 e. The van der Waals surface area contributed by atoms with Crippen LogP contribution in [0.3, 0.4) is 0 Å². The fourth-order valence-electron chi connectivity index (χ4n) is 2.43. The van der Waals surface area contributed by atoms with E-state index in [0.29, 0.717) is 24.8 Å². The van der Waals surface area contributed by atoms with Gasteiger partial charge in [0.15, 0.2) is 5.96 Å². The third kappa shape index (κ3) is 7.30. The topological polar surface area (TPSA) is 64.1 Å². The number of rotatable bonds is 9. The quantitative estimate of drug-likeness (QED) is 0.505. The van der Waals surface area contributed by atoms with Crippen LogP contribution in [0.4, 0.5) is 8.78 Å². The van der Waals surface area contributed by atoms with Crippen molar-refractivity contribution < 1.29 is 23.0 Å². The number of benzene rings is 2. The number of hydrogen-bond donors (Lipinski definition) is 2. The maximum atomic E-state index is 12.3. The molecule has 0 saturated heterocycles. The van der Waals surface area contributed by atoms with Gasteiger partial charge in [0, 0.05) is 19.7 Å². The van der Waals surface area contributed by atoms with Crippen molar-refractivity contribution in [2.24, 2.45) is 4.99 Å². The van der Waals surface area contributed by atoms with Crippen LogP contribution in [-0.2, 0) is 6.54 Å². The molecule has 2 aromatic rings. The van der Waals surface area contributed by atoms with Crippen LogP contribution in [0.5, 0.6) is 17.2 Å². The molecule has 8 heteroatoms. The summed E-state index contributed by atoms with van der Waals surface area (Å²) in [7, 11) is 3.26. The van der Waals surface area contributed by atoms with E-state index < -0.39 is 6.61 Å². The zero-order valence-corrected chi connectivity index (χ0v) is 16.1. The molecule has 2 rings (SSSR count). The van der Waals surface area contributed by atoms with Gasteiger partial charge < -0.3 is 24.8 Å². The van der Waals surface area contributed by atoms with E-state index in [1.807, 2.05) is 37.3 Å². The van der Waals surface area contributed by atoms with Gasteiger partial charge in [-0.3, -0.25) is 4.99 Å². The molecule has 0 aromatic heterocycles. The maximum absolute atomic E-state index is 12.3. The molecule has 1 atom stereocenters. The summed E-state index contributed by atoms with van der Waals surface area (Å²) < 4.78 is 40.1. The third-order valence-corrected chi connectivity index (χ3v) is 3.74. The molecule has 0 bridgehead atoms. The van der Waals surface area contributed by atoms with Crippen molar-refractivity contribution in [2.75, 3.05) is 20.7 Å². The Morgan fingerprint density at radius 1 is 1.00 bits per heavy atom. The van der Waals surface area contributed by atoms with E-state index in [0.717, 1.165) is 11.3 Å². The molecule has 0 heterocycles. The molecule has 28 heavy (non-hydrogen) atoms. The van der Waals surface area contributed by atoms with Gasteiger partial charge in [-0.1, -0.05) is 18.2 Å². The average molecular weight is 393 g/mol. The molecule has 0 saturated carbocycles. The SMILES string of the molecule is CN=C(NCc1cccc(OC(F)F)c1)NCC(C)Oc1cccc(OC)c1. The summed E-state index contributed by atoms with van der Waals surface area (Å²) >= 11 is 0. The van der Waals surface area contributed by atoms with E-state index in [9.17, 15) is 8.78 Å². The first-order chi connectivity index (χ1) is 13.5. The average Bonchev–Trinajstić information content (AvgIpc) is 2.68. The molecule has 0 amide bonds. The minimum Gasteiger partial charge on any atom is -0.497 e. The van der Waals surface area contributed by atoms with E-state index in [2.05, 4.69) is 20.4 Å². The molecular formula is C20H25F2N3O3. The normalized spacial score (nSPS) is 12.4. The number of halogens is 2. The lowest BCUT2D eigenvalue weighted by Gasteiger charge is -2.18. The van der Waals surface area contributed by atoms with Crippen LogP contribution in [0.15, 0.2) is 53.5 Å². The van der Waals surface area contributed by atoms with E-state index >= 15 is 0 Å². The fraction of sp³-hybridized carbons (Fsp3) is 0.350. The van der Waals surface area contributed by atoms with Gasteiger partial charge in [0.25, 0.3) is 0 Å². The van der Waals surface area contributed by atoms with Gasteiger partial charge in [-0.25, -0.2) is 0 Å². The van der Waals surface area contributed by atoms with E-state index in [4.69, 9.17) is 9.47 Å². The Balaban J connectivity index is 1.80. The highest BCUT2D eigenvalue weighted by molar-refractivity contribution is 5.79. The number of nitrogens with zero attached hydrogens (tertiary/aromatic N) is 1. The molecule has 0 radical (unpaired) electrons. The van der Waals surface area contributed by atoms with Gasteiger partial charge >= 0.3 is 6.61 Å².